The van der Waals surface area contributed by atoms with Gasteiger partial charge in [-0.05, 0) is 30.5 Å². The van der Waals surface area contributed by atoms with Crippen molar-refractivity contribution in [3.05, 3.63) is 45.7 Å². The average molecular weight is 379 g/mol. The van der Waals surface area contributed by atoms with Crippen LogP contribution in [0, 0.1) is 0 Å². The van der Waals surface area contributed by atoms with E-state index in [0.717, 1.165) is 4.88 Å². The second kappa shape index (κ2) is 7.95. The molecule has 6 nitrogen and oxygen atoms in total. The van der Waals surface area contributed by atoms with Gasteiger partial charge < -0.3 is 10.2 Å². The van der Waals surface area contributed by atoms with Gasteiger partial charge in [0.25, 0.3) is 5.91 Å². The number of piperazine rings is 1. The number of rotatable bonds is 4. The van der Waals surface area contributed by atoms with Crippen LogP contribution in [0.3, 0.4) is 0 Å². The van der Waals surface area contributed by atoms with Crippen molar-refractivity contribution in [2.75, 3.05) is 31.5 Å². The zero-order valence-corrected chi connectivity index (χ0v) is 15.4. The normalized spacial score (nSPS) is 16.5. The molecule has 2 aromatic heterocycles. The first-order chi connectivity index (χ1) is 12.0. The predicted octanol–water partition coefficient (Wildman–Crippen LogP) is 2.58. The molecule has 0 aromatic carbocycles. The second-order valence-electron chi connectivity index (χ2n) is 5.83. The lowest BCUT2D eigenvalue weighted by atomic mass is 10.2. The number of anilines is 1. The molecule has 1 saturated heterocycles. The third kappa shape index (κ3) is 4.36. The number of carbonyl (C=O) groups is 2. The molecule has 0 unspecified atom stereocenters. The Hall–Kier alpha value is -1.96. The maximum absolute atomic E-state index is 12.4. The van der Waals surface area contributed by atoms with Gasteiger partial charge >= 0.3 is 0 Å². The van der Waals surface area contributed by atoms with Crippen LogP contribution in [0.15, 0.2) is 35.8 Å². The van der Waals surface area contributed by atoms with Crippen molar-refractivity contribution in [1.29, 1.82) is 0 Å². The summed E-state index contributed by atoms with van der Waals surface area (Å²) in [4.78, 5) is 33.5. The van der Waals surface area contributed by atoms with Crippen LogP contribution in [0.5, 0.6) is 0 Å². The zero-order chi connectivity index (χ0) is 17.8. The highest BCUT2D eigenvalue weighted by molar-refractivity contribution is 7.12. The van der Waals surface area contributed by atoms with Gasteiger partial charge in [-0.25, -0.2) is 4.98 Å². The van der Waals surface area contributed by atoms with E-state index in [0.29, 0.717) is 37.0 Å². The van der Waals surface area contributed by atoms with E-state index in [1.54, 1.807) is 12.1 Å². The first kappa shape index (κ1) is 17.8. The number of nitrogens with one attached hydrogen (secondary N) is 1. The molecule has 0 bridgehead atoms. The van der Waals surface area contributed by atoms with Crippen LogP contribution in [0.2, 0.25) is 5.02 Å². The molecule has 2 aromatic rings. The van der Waals surface area contributed by atoms with E-state index in [-0.39, 0.29) is 17.9 Å². The lowest BCUT2D eigenvalue weighted by Crippen LogP contribution is -2.54. The molecule has 0 saturated carbocycles. The Bertz CT molecular complexity index is 728. The Morgan fingerprint density at radius 3 is 2.60 bits per heavy atom. The quantitative estimate of drug-likeness (QED) is 0.888. The van der Waals surface area contributed by atoms with Gasteiger partial charge in [0.05, 0.1) is 15.9 Å². The third-order valence-electron chi connectivity index (χ3n) is 4.24. The standard InChI is InChI=1S/C17H19ClN4O2S/c1-12(16(23)20-15-5-4-13(18)11-19-15)21-6-8-22(9-7-21)17(24)14-3-2-10-25-14/h2-5,10-12H,6-9H2,1H3,(H,19,20,23)/t12-/m0/s1. The van der Waals surface area contributed by atoms with E-state index >= 15 is 0 Å². The maximum atomic E-state index is 12.4. The molecule has 0 aliphatic carbocycles. The lowest BCUT2D eigenvalue weighted by Gasteiger charge is -2.37. The van der Waals surface area contributed by atoms with Crippen molar-refractivity contribution in [3.8, 4) is 0 Å². The van der Waals surface area contributed by atoms with Gasteiger partial charge in [0, 0.05) is 32.4 Å². The Morgan fingerprint density at radius 1 is 1.24 bits per heavy atom. The van der Waals surface area contributed by atoms with Crippen LogP contribution in [0.25, 0.3) is 0 Å². The Labute approximate surface area is 155 Å². The highest BCUT2D eigenvalue weighted by Crippen LogP contribution is 2.16. The monoisotopic (exact) mass is 378 g/mol. The van der Waals surface area contributed by atoms with Crippen molar-refractivity contribution in [2.45, 2.75) is 13.0 Å². The summed E-state index contributed by atoms with van der Waals surface area (Å²) < 4.78 is 0. The number of amides is 2. The summed E-state index contributed by atoms with van der Waals surface area (Å²) >= 11 is 7.25. The summed E-state index contributed by atoms with van der Waals surface area (Å²) in [6, 6.07) is 6.78. The summed E-state index contributed by atoms with van der Waals surface area (Å²) in [6.07, 6.45) is 1.50. The van der Waals surface area contributed by atoms with E-state index in [1.165, 1.54) is 17.5 Å². The molecule has 132 valence electrons. The number of carbonyl (C=O) groups excluding carboxylic acids is 2. The number of halogens is 1. The topological polar surface area (TPSA) is 65.5 Å². The van der Waals surface area contributed by atoms with Gasteiger partial charge in [0.1, 0.15) is 5.82 Å². The molecule has 1 atom stereocenters. The van der Waals surface area contributed by atoms with Crippen LogP contribution in [-0.2, 0) is 4.79 Å². The number of hydrogen-bond donors (Lipinski definition) is 1. The molecular formula is C17H19ClN4O2S. The van der Waals surface area contributed by atoms with Crippen LogP contribution < -0.4 is 5.32 Å². The Balaban J connectivity index is 1.52. The fourth-order valence-corrected chi connectivity index (χ4v) is 3.52. The summed E-state index contributed by atoms with van der Waals surface area (Å²) in [5, 5.41) is 5.22. The maximum Gasteiger partial charge on any atom is 0.264 e. The smallest absolute Gasteiger partial charge is 0.264 e. The Kier molecular flexibility index (Phi) is 5.67. The van der Waals surface area contributed by atoms with Crippen molar-refractivity contribution in [3.63, 3.8) is 0 Å². The summed E-state index contributed by atoms with van der Waals surface area (Å²) in [6.45, 7) is 4.43. The van der Waals surface area contributed by atoms with E-state index < -0.39 is 0 Å². The van der Waals surface area contributed by atoms with Crippen molar-refractivity contribution in [2.24, 2.45) is 0 Å². The fraction of sp³-hybridized carbons (Fsp3) is 0.353. The number of aromatic nitrogens is 1. The second-order valence-corrected chi connectivity index (χ2v) is 7.22. The van der Waals surface area contributed by atoms with Gasteiger partial charge in [-0.2, -0.15) is 0 Å². The van der Waals surface area contributed by atoms with Crippen molar-refractivity contribution in [1.82, 2.24) is 14.8 Å². The van der Waals surface area contributed by atoms with Gasteiger partial charge in [-0.1, -0.05) is 17.7 Å². The molecule has 25 heavy (non-hydrogen) atoms. The summed E-state index contributed by atoms with van der Waals surface area (Å²) in [5.74, 6) is 0.428. The van der Waals surface area contributed by atoms with E-state index in [4.69, 9.17) is 11.6 Å². The molecule has 8 heteroatoms. The van der Waals surface area contributed by atoms with Crippen molar-refractivity contribution >= 4 is 40.6 Å². The van der Waals surface area contributed by atoms with Gasteiger partial charge in [0.15, 0.2) is 0 Å². The first-order valence-corrected chi connectivity index (χ1v) is 9.29. The number of pyridine rings is 1. The SMILES string of the molecule is C[C@@H](C(=O)Nc1ccc(Cl)cn1)N1CCN(C(=O)c2cccs2)CC1. The van der Waals surface area contributed by atoms with Crippen LogP contribution in [0.4, 0.5) is 5.82 Å². The molecule has 0 spiro atoms. The number of nitrogens with zero attached hydrogens (tertiary/aromatic N) is 3. The van der Waals surface area contributed by atoms with E-state index in [9.17, 15) is 9.59 Å². The third-order valence-corrected chi connectivity index (χ3v) is 5.32. The molecule has 2 amide bonds. The fourth-order valence-electron chi connectivity index (χ4n) is 2.71. The van der Waals surface area contributed by atoms with Gasteiger partial charge in [0.2, 0.25) is 5.91 Å². The number of thiophene rings is 1. The summed E-state index contributed by atoms with van der Waals surface area (Å²) in [7, 11) is 0. The zero-order valence-electron chi connectivity index (χ0n) is 13.8. The summed E-state index contributed by atoms with van der Waals surface area (Å²) in [5.41, 5.74) is 0. The van der Waals surface area contributed by atoms with Crippen LogP contribution in [-0.4, -0.2) is 58.8 Å². The number of hydrogen-bond acceptors (Lipinski definition) is 5. The molecule has 1 fully saturated rings. The minimum Gasteiger partial charge on any atom is -0.335 e. The van der Waals surface area contributed by atoms with E-state index in [2.05, 4.69) is 15.2 Å². The molecule has 1 aliphatic heterocycles. The first-order valence-electron chi connectivity index (χ1n) is 8.04. The largest absolute Gasteiger partial charge is 0.335 e. The molecule has 1 aliphatic rings. The molecule has 1 N–H and O–H groups in total. The molecule has 3 heterocycles. The minimum atomic E-state index is -0.295. The average Bonchev–Trinajstić information content (AvgIpc) is 3.17. The molecular weight excluding hydrogens is 360 g/mol. The van der Waals surface area contributed by atoms with Gasteiger partial charge in [-0.15, -0.1) is 11.3 Å². The van der Waals surface area contributed by atoms with Crippen LogP contribution >= 0.6 is 22.9 Å². The van der Waals surface area contributed by atoms with Gasteiger partial charge in [-0.3, -0.25) is 14.5 Å². The van der Waals surface area contributed by atoms with Crippen molar-refractivity contribution < 1.29 is 9.59 Å². The minimum absolute atomic E-state index is 0.0668. The Morgan fingerprint density at radius 2 is 2.00 bits per heavy atom. The highest BCUT2D eigenvalue weighted by Gasteiger charge is 2.28. The van der Waals surface area contributed by atoms with E-state index in [1.807, 2.05) is 29.3 Å². The van der Waals surface area contributed by atoms with Crippen LogP contribution in [0.1, 0.15) is 16.6 Å². The predicted molar refractivity (Wildman–Crippen MR) is 99.1 cm³/mol. The highest BCUT2D eigenvalue weighted by atomic mass is 35.5. The molecule has 0 radical (unpaired) electrons. The molecule has 3 rings (SSSR count). The lowest BCUT2D eigenvalue weighted by molar-refractivity contribution is -0.121.